The van der Waals surface area contributed by atoms with Gasteiger partial charge >= 0.3 is 0 Å². The first-order valence-corrected chi connectivity index (χ1v) is 9.92. The van der Waals surface area contributed by atoms with Crippen LogP contribution in [-0.2, 0) is 9.59 Å². The Morgan fingerprint density at radius 2 is 1.63 bits per heavy atom. The SMILES string of the molecule is O=C1CCC(N2C(=O)c3cc(Cl)c(N4CCN(I)CC4)cc3C2=O)C(=O)N1. The molecule has 3 aliphatic heterocycles. The second-order valence-corrected chi connectivity index (χ2v) is 8.47. The van der Waals surface area contributed by atoms with Gasteiger partial charge in [-0.05, 0) is 18.6 Å². The molecule has 0 aliphatic carbocycles. The van der Waals surface area contributed by atoms with Gasteiger partial charge in [-0.1, -0.05) is 11.6 Å². The predicted molar refractivity (Wildman–Crippen MR) is 106 cm³/mol. The van der Waals surface area contributed by atoms with Crippen LogP contribution in [0.1, 0.15) is 33.6 Å². The molecule has 0 aromatic heterocycles. The van der Waals surface area contributed by atoms with Gasteiger partial charge in [0.05, 0.1) is 21.8 Å². The third-order valence-corrected chi connectivity index (χ3v) is 6.34. The Labute approximate surface area is 174 Å². The number of rotatable bonds is 2. The molecule has 8 nitrogen and oxygen atoms in total. The molecule has 2 fully saturated rings. The van der Waals surface area contributed by atoms with E-state index < -0.39 is 29.7 Å². The van der Waals surface area contributed by atoms with Gasteiger partial charge in [0.2, 0.25) is 11.8 Å². The van der Waals surface area contributed by atoms with Crippen molar-refractivity contribution in [2.24, 2.45) is 0 Å². The second kappa shape index (κ2) is 7.02. The van der Waals surface area contributed by atoms with Gasteiger partial charge in [-0.25, -0.2) is 3.11 Å². The van der Waals surface area contributed by atoms with E-state index in [1.807, 2.05) is 0 Å². The molecule has 3 aliphatic rings. The number of benzene rings is 1. The minimum Gasteiger partial charge on any atom is -0.368 e. The molecule has 0 radical (unpaired) electrons. The third-order valence-electron chi connectivity index (χ3n) is 5.07. The van der Waals surface area contributed by atoms with Crippen molar-refractivity contribution in [2.45, 2.75) is 18.9 Å². The van der Waals surface area contributed by atoms with Crippen LogP contribution in [0.4, 0.5) is 5.69 Å². The first-order chi connectivity index (χ1) is 12.9. The Kier molecular flexibility index (Phi) is 4.85. The summed E-state index contributed by atoms with van der Waals surface area (Å²) in [5.74, 6) is -2.08. The topological polar surface area (TPSA) is 90.0 Å². The molecule has 0 bridgehead atoms. The molecule has 3 heterocycles. The normalized spacial score (nSPS) is 23.7. The lowest BCUT2D eigenvalue weighted by atomic mass is 10.0. The quantitative estimate of drug-likeness (QED) is 0.372. The molecule has 0 spiro atoms. The number of piperazine rings is 1. The maximum absolute atomic E-state index is 12.9. The van der Waals surface area contributed by atoms with E-state index in [1.54, 1.807) is 6.07 Å². The summed E-state index contributed by atoms with van der Waals surface area (Å²) in [6, 6.07) is 2.18. The van der Waals surface area contributed by atoms with Crippen LogP contribution < -0.4 is 10.2 Å². The molecule has 10 heteroatoms. The van der Waals surface area contributed by atoms with Crippen molar-refractivity contribution < 1.29 is 19.2 Å². The Morgan fingerprint density at radius 3 is 2.26 bits per heavy atom. The molecule has 2 saturated heterocycles. The zero-order valence-electron chi connectivity index (χ0n) is 14.2. The van der Waals surface area contributed by atoms with Crippen molar-refractivity contribution in [3.05, 3.63) is 28.3 Å². The first-order valence-electron chi connectivity index (χ1n) is 8.57. The minimum atomic E-state index is -0.972. The van der Waals surface area contributed by atoms with E-state index >= 15 is 0 Å². The Balaban J connectivity index is 1.65. The number of fused-ring (bicyclic) bond motifs is 1. The molecule has 1 unspecified atom stereocenters. The first kappa shape index (κ1) is 18.6. The molecule has 0 saturated carbocycles. The van der Waals surface area contributed by atoms with Gasteiger partial charge in [0, 0.05) is 55.5 Å². The standard InChI is InChI=1S/C17H16ClIN4O4/c18-11-7-9-10(8-13(11)21-3-5-22(19)6-4-21)17(27)23(16(9)26)12-1-2-14(24)20-15(12)25/h7-8,12H,1-6H2,(H,20,24,25). The van der Waals surface area contributed by atoms with E-state index in [4.69, 9.17) is 11.6 Å². The molecular formula is C17H16ClIN4O4. The van der Waals surface area contributed by atoms with Crippen LogP contribution in [0.3, 0.4) is 0 Å². The van der Waals surface area contributed by atoms with Gasteiger partial charge in [0.25, 0.3) is 11.8 Å². The van der Waals surface area contributed by atoms with Crippen molar-refractivity contribution in [3.63, 3.8) is 0 Å². The van der Waals surface area contributed by atoms with E-state index in [2.05, 4.69) is 36.2 Å². The number of anilines is 1. The van der Waals surface area contributed by atoms with Crippen LogP contribution >= 0.6 is 34.5 Å². The monoisotopic (exact) mass is 502 g/mol. The Bertz CT molecular complexity index is 869. The van der Waals surface area contributed by atoms with Gasteiger partial charge in [-0.3, -0.25) is 29.4 Å². The summed E-state index contributed by atoms with van der Waals surface area (Å²) in [5.41, 5.74) is 1.16. The van der Waals surface area contributed by atoms with Crippen molar-refractivity contribution in [2.75, 3.05) is 31.1 Å². The maximum atomic E-state index is 12.9. The summed E-state index contributed by atoms with van der Waals surface area (Å²) in [4.78, 5) is 52.2. The van der Waals surface area contributed by atoms with Crippen LogP contribution in [0, 0.1) is 0 Å². The van der Waals surface area contributed by atoms with Crippen LogP contribution in [0.2, 0.25) is 5.02 Å². The lowest BCUT2D eigenvalue weighted by molar-refractivity contribution is -0.136. The fourth-order valence-corrected chi connectivity index (χ4v) is 4.36. The number of hydrogen-bond acceptors (Lipinski definition) is 6. The fraction of sp³-hybridized carbons (Fsp3) is 0.412. The number of carbonyl (C=O) groups is 4. The van der Waals surface area contributed by atoms with E-state index in [1.165, 1.54) is 6.07 Å². The number of amides is 4. The number of piperidine rings is 1. The predicted octanol–water partition coefficient (Wildman–Crippen LogP) is 1.21. The number of carbonyl (C=O) groups excluding carboxylic acids is 4. The minimum absolute atomic E-state index is 0.0936. The average molecular weight is 503 g/mol. The third kappa shape index (κ3) is 3.21. The van der Waals surface area contributed by atoms with Gasteiger partial charge in [0.15, 0.2) is 0 Å². The maximum Gasteiger partial charge on any atom is 0.262 e. The van der Waals surface area contributed by atoms with Crippen molar-refractivity contribution >= 4 is 63.8 Å². The van der Waals surface area contributed by atoms with Crippen LogP contribution in [0.15, 0.2) is 12.1 Å². The molecule has 1 aromatic carbocycles. The van der Waals surface area contributed by atoms with Gasteiger partial charge in [-0.2, -0.15) is 0 Å². The average Bonchev–Trinajstić information content (AvgIpc) is 2.86. The Morgan fingerprint density at radius 1 is 1.00 bits per heavy atom. The lowest BCUT2D eigenvalue weighted by Crippen LogP contribution is -2.54. The number of nitrogens with zero attached hydrogens (tertiary/aromatic N) is 3. The Hall–Kier alpha value is -1.72. The highest BCUT2D eigenvalue weighted by Gasteiger charge is 2.45. The fourth-order valence-electron chi connectivity index (χ4n) is 3.64. The largest absolute Gasteiger partial charge is 0.368 e. The van der Waals surface area contributed by atoms with E-state index in [0.29, 0.717) is 10.7 Å². The van der Waals surface area contributed by atoms with Gasteiger partial charge in [0.1, 0.15) is 6.04 Å². The highest BCUT2D eigenvalue weighted by Crippen LogP contribution is 2.36. The van der Waals surface area contributed by atoms with Crippen molar-refractivity contribution in [1.82, 2.24) is 13.3 Å². The summed E-state index contributed by atoms with van der Waals surface area (Å²) in [7, 11) is 0. The van der Waals surface area contributed by atoms with Crippen LogP contribution in [-0.4, -0.2) is 63.9 Å². The molecule has 1 atom stereocenters. The highest BCUT2D eigenvalue weighted by atomic mass is 127. The highest BCUT2D eigenvalue weighted by molar-refractivity contribution is 14.1. The summed E-state index contributed by atoms with van der Waals surface area (Å²) in [6.45, 7) is 3.26. The molecular weight excluding hydrogens is 487 g/mol. The van der Waals surface area contributed by atoms with Crippen LogP contribution in [0.5, 0.6) is 0 Å². The van der Waals surface area contributed by atoms with Gasteiger partial charge < -0.3 is 4.90 Å². The zero-order chi connectivity index (χ0) is 19.3. The van der Waals surface area contributed by atoms with Crippen molar-refractivity contribution in [1.29, 1.82) is 0 Å². The lowest BCUT2D eigenvalue weighted by Gasteiger charge is -2.33. The summed E-state index contributed by atoms with van der Waals surface area (Å²) >= 11 is 8.68. The van der Waals surface area contributed by atoms with E-state index in [0.717, 1.165) is 31.1 Å². The van der Waals surface area contributed by atoms with Crippen LogP contribution in [0.25, 0.3) is 0 Å². The van der Waals surface area contributed by atoms with E-state index in [9.17, 15) is 19.2 Å². The number of imide groups is 2. The number of nitrogens with one attached hydrogen (secondary N) is 1. The zero-order valence-corrected chi connectivity index (χ0v) is 17.1. The molecule has 27 heavy (non-hydrogen) atoms. The molecule has 1 N–H and O–H groups in total. The summed E-state index contributed by atoms with van der Waals surface area (Å²) in [5, 5.41) is 2.59. The summed E-state index contributed by atoms with van der Waals surface area (Å²) in [6.07, 6.45) is 0.227. The molecule has 1 aromatic rings. The van der Waals surface area contributed by atoms with Crippen molar-refractivity contribution in [3.8, 4) is 0 Å². The molecule has 4 rings (SSSR count). The number of hydrogen-bond donors (Lipinski definition) is 1. The molecule has 4 amide bonds. The molecule has 142 valence electrons. The number of halogens is 2. The second-order valence-electron chi connectivity index (χ2n) is 6.69. The van der Waals surface area contributed by atoms with Gasteiger partial charge in [-0.15, -0.1) is 0 Å². The van der Waals surface area contributed by atoms with E-state index in [-0.39, 0.29) is 24.0 Å². The smallest absolute Gasteiger partial charge is 0.262 e. The summed E-state index contributed by atoms with van der Waals surface area (Å²) < 4.78 is 2.18.